The minimum absolute atomic E-state index is 0.0137. The summed E-state index contributed by atoms with van der Waals surface area (Å²) in [5, 5.41) is 2.41. The smallest absolute Gasteiger partial charge is 0.325 e. The lowest BCUT2D eigenvalue weighted by Crippen LogP contribution is -2.42. The van der Waals surface area contributed by atoms with Gasteiger partial charge in [-0.05, 0) is 55.6 Å². The molecule has 3 amide bonds. The highest BCUT2D eigenvalue weighted by atomic mass is 32.1. The number of amides is 3. The van der Waals surface area contributed by atoms with Gasteiger partial charge in [-0.25, -0.2) is 0 Å². The van der Waals surface area contributed by atoms with Crippen molar-refractivity contribution in [2.24, 2.45) is 5.73 Å². The molecule has 1 aromatic heterocycles. The molecule has 1 aromatic carbocycles. The zero-order valence-electron chi connectivity index (χ0n) is 16.9. The van der Waals surface area contributed by atoms with Crippen molar-refractivity contribution in [3.8, 4) is 0 Å². The summed E-state index contributed by atoms with van der Waals surface area (Å²) in [6, 6.07) is 5.25. The number of ether oxygens (including phenoxy) is 1. The van der Waals surface area contributed by atoms with Crippen LogP contribution in [0.4, 0.5) is 11.4 Å². The van der Waals surface area contributed by atoms with Gasteiger partial charge < -0.3 is 21.5 Å². The van der Waals surface area contributed by atoms with E-state index in [1.165, 1.54) is 4.90 Å². The molecule has 2 aromatic rings. The van der Waals surface area contributed by atoms with E-state index in [1.807, 2.05) is 19.9 Å². The zero-order chi connectivity index (χ0) is 22.4. The zero-order valence-corrected chi connectivity index (χ0v) is 17.7. The van der Waals surface area contributed by atoms with Crippen LogP contribution in [0.2, 0.25) is 0 Å². The molecule has 0 unspecified atom stereocenters. The number of aromatic nitrogens is 1. The van der Waals surface area contributed by atoms with Crippen LogP contribution in [0.3, 0.4) is 0 Å². The molecule has 0 spiro atoms. The fraction of sp³-hybridized carbons (Fsp3) is 0.316. The van der Waals surface area contributed by atoms with E-state index in [1.54, 1.807) is 19.1 Å². The van der Waals surface area contributed by atoms with Crippen molar-refractivity contribution in [2.75, 3.05) is 30.3 Å². The number of nitrogen functional groups attached to an aromatic ring is 1. The third kappa shape index (κ3) is 5.32. The molecule has 0 bridgehead atoms. The van der Waals surface area contributed by atoms with Gasteiger partial charge in [-0.1, -0.05) is 6.07 Å². The first-order chi connectivity index (χ1) is 14.1. The van der Waals surface area contributed by atoms with Crippen molar-refractivity contribution < 1.29 is 23.9 Å². The molecule has 5 N–H and O–H groups in total. The molecular weight excluding hydrogens is 410 g/mol. The van der Waals surface area contributed by atoms with Crippen LogP contribution in [-0.2, 0) is 14.3 Å². The van der Waals surface area contributed by atoms with Crippen molar-refractivity contribution in [3.63, 3.8) is 0 Å². The first kappa shape index (κ1) is 22.8. The molecule has 0 aliphatic heterocycles. The SMILES string of the molecule is CCOC(=O)CNC(=O)CN(C(=O)c1snc(C(N)=O)c1N)c1ccc(C)c(C)c1. The minimum atomic E-state index is -0.854. The Labute approximate surface area is 177 Å². The second kappa shape index (κ2) is 9.83. The molecule has 160 valence electrons. The first-order valence-electron chi connectivity index (χ1n) is 9.02. The summed E-state index contributed by atoms with van der Waals surface area (Å²) in [5.74, 6) is -2.64. The Bertz CT molecular complexity index is 988. The van der Waals surface area contributed by atoms with E-state index in [9.17, 15) is 19.2 Å². The van der Waals surface area contributed by atoms with Crippen LogP contribution in [0.1, 0.15) is 38.2 Å². The number of esters is 1. The van der Waals surface area contributed by atoms with Gasteiger partial charge in [0.15, 0.2) is 5.69 Å². The van der Waals surface area contributed by atoms with Crippen LogP contribution >= 0.6 is 11.5 Å². The second-order valence-corrected chi connectivity index (χ2v) is 7.15. The van der Waals surface area contributed by atoms with Crippen LogP contribution < -0.4 is 21.7 Å². The van der Waals surface area contributed by atoms with Gasteiger partial charge in [0.25, 0.3) is 11.8 Å². The largest absolute Gasteiger partial charge is 0.465 e. The predicted octanol–water partition coefficient (Wildman–Crippen LogP) is 0.767. The first-order valence-corrected chi connectivity index (χ1v) is 9.79. The number of hydrogen-bond donors (Lipinski definition) is 3. The Balaban J connectivity index is 2.33. The highest BCUT2D eigenvalue weighted by Gasteiger charge is 2.27. The number of nitrogens with two attached hydrogens (primary N) is 2. The Morgan fingerprint density at radius 2 is 1.90 bits per heavy atom. The van der Waals surface area contributed by atoms with Crippen molar-refractivity contribution in [1.82, 2.24) is 9.69 Å². The Morgan fingerprint density at radius 1 is 1.20 bits per heavy atom. The minimum Gasteiger partial charge on any atom is -0.465 e. The number of nitrogens with one attached hydrogen (secondary N) is 1. The van der Waals surface area contributed by atoms with Gasteiger partial charge in [-0.2, -0.15) is 4.37 Å². The summed E-state index contributed by atoms with van der Waals surface area (Å²) in [5.41, 5.74) is 13.1. The fourth-order valence-electron chi connectivity index (χ4n) is 2.51. The molecule has 0 fully saturated rings. The summed E-state index contributed by atoms with van der Waals surface area (Å²) < 4.78 is 8.60. The molecular formula is C19H23N5O5S. The Hall–Kier alpha value is -3.47. The third-order valence-electron chi connectivity index (χ3n) is 4.24. The molecule has 0 aliphatic rings. The van der Waals surface area contributed by atoms with Gasteiger partial charge in [0, 0.05) is 5.69 Å². The fourth-order valence-corrected chi connectivity index (χ4v) is 3.26. The van der Waals surface area contributed by atoms with Gasteiger partial charge in [-0.15, -0.1) is 0 Å². The average molecular weight is 433 g/mol. The number of nitrogens with zero attached hydrogens (tertiary/aromatic N) is 2. The quantitative estimate of drug-likeness (QED) is 0.519. The molecule has 0 saturated heterocycles. The maximum Gasteiger partial charge on any atom is 0.325 e. The maximum atomic E-state index is 13.2. The lowest BCUT2D eigenvalue weighted by Gasteiger charge is -2.22. The molecule has 11 heteroatoms. The summed E-state index contributed by atoms with van der Waals surface area (Å²) >= 11 is 0.722. The molecule has 0 aliphatic carbocycles. The number of anilines is 2. The van der Waals surface area contributed by atoms with Gasteiger partial charge in [0.1, 0.15) is 18.0 Å². The monoisotopic (exact) mass is 433 g/mol. The molecule has 0 saturated carbocycles. The van der Waals surface area contributed by atoms with Gasteiger partial charge >= 0.3 is 5.97 Å². The normalized spacial score (nSPS) is 10.4. The lowest BCUT2D eigenvalue weighted by molar-refractivity contribution is -0.143. The average Bonchev–Trinajstić information content (AvgIpc) is 3.08. The van der Waals surface area contributed by atoms with Crippen LogP contribution in [0.15, 0.2) is 18.2 Å². The topological polar surface area (TPSA) is 158 Å². The standard InChI is InChI=1S/C19H23N5O5S/c1-4-29-14(26)8-22-13(25)9-24(12-6-5-10(2)11(3)7-12)19(28)17-15(20)16(18(21)27)23-30-17/h5-7H,4,8-9,20H2,1-3H3,(H2,21,27)(H,22,25). The van der Waals surface area contributed by atoms with Crippen LogP contribution in [0.25, 0.3) is 0 Å². The van der Waals surface area contributed by atoms with Gasteiger partial charge in [0.2, 0.25) is 5.91 Å². The second-order valence-electron chi connectivity index (χ2n) is 6.38. The Kier molecular flexibility index (Phi) is 7.48. The van der Waals surface area contributed by atoms with Crippen molar-refractivity contribution in [3.05, 3.63) is 39.9 Å². The highest BCUT2D eigenvalue weighted by molar-refractivity contribution is 7.09. The Morgan fingerprint density at radius 3 is 2.47 bits per heavy atom. The van der Waals surface area contributed by atoms with Crippen molar-refractivity contribution in [1.29, 1.82) is 0 Å². The van der Waals surface area contributed by atoms with E-state index in [-0.39, 0.29) is 36.0 Å². The van der Waals surface area contributed by atoms with E-state index in [4.69, 9.17) is 16.2 Å². The summed E-state index contributed by atoms with van der Waals surface area (Å²) in [7, 11) is 0. The van der Waals surface area contributed by atoms with E-state index in [2.05, 4.69) is 9.69 Å². The summed E-state index contributed by atoms with van der Waals surface area (Å²) in [6.45, 7) is 4.92. The van der Waals surface area contributed by atoms with Crippen molar-refractivity contribution in [2.45, 2.75) is 20.8 Å². The predicted molar refractivity (Wildman–Crippen MR) is 112 cm³/mol. The highest BCUT2D eigenvalue weighted by Crippen LogP contribution is 2.27. The number of aryl methyl sites for hydroxylation is 2. The maximum absolute atomic E-state index is 13.2. The number of carbonyl (C=O) groups is 4. The van der Waals surface area contributed by atoms with Crippen molar-refractivity contribution >= 4 is 46.6 Å². The molecule has 10 nitrogen and oxygen atoms in total. The van der Waals surface area contributed by atoms with Gasteiger partial charge in [0.05, 0.1) is 12.3 Å². The van der Waals surface area contributed by atoms with Crippen LogP contribution in [0.5, 0.6) is 0 Å². The number of benzene rings is 1. The van der Waals surface area contributed by atoms with Crippen LogP contribution in [-0.4, -0.2) is 47.8 Å². The summed E-state index contributed by atoms with van der Waals surface area (Å²) in [6.07, 6.45) is 0. The molecule has 0 radical (unpaired) electrons. The van der Waals surface area contributed by atoms with E-state index in [0.717, 1.165) is 22.7 Å². The van der Waals surface area contributed by atoms with E-state index in [0.29, 0.717) is 5.69 Å². The number of hydrogen-bond acceptors (Lipinski definition) is 8. The molecule has 2 rings (SSSR count). The summed E-state index contributed by atoms with van der Waals surface area (Å²) in [4.78, 5) is 49.6. The third-order valence-corrected chi connectivity index (χ3v) is 5.09. The number of rotatable bonds is 8. The van der Waals surface area contributed by atoms with Gasteiger partial charge in [-0.3, -0.25) is 24.1 Å². The van der Waals surface area contributed by atoms with E-state index >= 15 is 0 Å². The lowest BCUT2D eigenvalue weighted by atomic mass is 10.1. The van der Waals surface area contributed by atoms with Crippen LogP contribution in [0, 0.1) is 13.8 Å². The molecule has 0 atom stereocenters. The number of carbonyl (C=O) groups excluding carboxylic acids is 4. The molecule has 1 heterocycles. The molecule has 30 heavy (non-hydrogen) atoms. The number of primary amides is 1. The van der Waals surface area contributed by atoms with E-state index < -0.39 is 23.7 Å².